The Kier molecular flexibility index (Phi) is 4.41. The third kappa shape index (κ3) is 3.00. The first-order valence-corrected chi connectivity index (χ1v) is 10.3. The van der Waals surface area contributed by atoms with Crippen LogP contribution in [0.4, 0.5) is 5.95 Å². The van der Waals surface area contributed by atoms with Gasteiger partial charge in [0.25, 0.3) is 5.56 Å². The molecule has 0 saturated heterocycles. The standard InChI is InChI=1S/C18H21N3OS2/c1-21-17(22)16-14(9-15(24-16)13-7-8-23-11-13)20-18(21)19-10-12-5-3-2-4-6-12/h7-9,11-12H,2-6,10H2,1H3,(H,19,20). The third-order valence-corrected chi connectivity index (χ3v) is 6.68. The Morgan fingerprint density at radius 3 is 2.92 bits per heavy atom. The van der Waals surface area contributed by atoms with Gasteiger partial charge >= 0.3 is 0 Å². The molecule has 3 aromatic heterocycles. The van der Waals surface area contributed by atoms with E-state index in [1.54, 1.807) is 15.9 Å². The maximum absolute atomic E-state index is 12.7. The van der Waals surface area contributed by atoms with E-state index in [4.69, 9.17) is 4.98 Å². The van der Waals surface area contributed by atoms with Gasteiger partial charge in [-0.1, -0.05) is 19.3 Å². The van der Waals surface area contributed by atoms with Crippen molar-refractivity contribution >= 4 is 38.8 Å². The van der Waals surface area contributed by atoms with E-state index in [0.717, 1.165) is 21.6 Å². The van der Waals surface area contributed by atoms with Crippen LogP contribution in [0, 0.1) is 5.92 Å². The van der Waals surface area contributed by atoms with Crippen molar-refractivity contribution in [2.75, 3.05) is 11.9 Å². The number of rotatable bonds is 4. The molecule has 1 aliphatic rings. The van der Waals surface area contributed by atoms with Crippen molar-refractivity contribution in [2.24, 2.45) is 13.0 Å². The molecule has 0 aromatic carbocycles. The van der Waals surface area contributed by atoms with Crippen molar-refractivity contribution in [3.63, 3.8) is 0 Å². The van der Waals surface area contributed by atoms with E-state index in [0.29, 0.717) is 11.9 Å². The van der Waals surface area contributed by atoms with Crippen LogP contribution in [0.5, 0.6) is 0 Å². The summed E-state index contributed by atoms with van der Waals surface area (Å²) in [5.41, 5.74) is 2.01. The summed E-state index contributed by atoms with van der Waals surface area (Å²) in [6.07, 6.45) is 6.58. The van der Waals surface area contributed by atoms with Crippen LogP contribution < -0.4 is 10.9 Å². The highest BCUT2D eigenvalue weighted by Gasteiger charge is 2.16. The molecule has 6 heteroatoms. The van der Waals surface area contributed by atoms with Gasteiger partial charge in [-0.15, -0.1) is 11.3 Å². The lowest BCUT2D eigenvalue weighted by atomic mass is 9.89. The summed E-state index contributed by atoms with van der Waals surface area (Å²) in [6, 6.07) is 4.12. The summed E-state index contributed by atoms with van der Waals surface area (Å²) in [4.78, 5) is 18.5. The molecule has 0 bridgehead atoms. The molecule has 0 aliphatic heterocycles. The molecule has 1 N–H and O–H groups in total. The Morgan fingerprint density at radius 2 is 2.17 bits per heavy atom. The molecular weight excluding hydrogens is 338 g/mol. The number of anilines is 1. The minimum atomic E-state index is 0.0395. The normalized spacial score (nSPS) is 15.9. The number of hydrogen-bond acceptors (Lipinski definition) is 5. The number of aromatic nitrogens is 2. The molecule has 1 fully saturated rings. The predicted octanol–water partition coefficient (Wildman–Crippen LogP) is 4.72. The summed E-state index contributed by atoms with van der Waals surface area (Å²) in [5, 5.41) is 7.58. The summed E-state index contributed by atoms with van der Waals surface area (Å²) >= 11 is 3.20. The average Bonchev–Trinajstić information content (AvgIpc) is 3.27. The van der Waals surface area contributed by atoms with Crippen molar-refractivity contribution in [3.05, 3.63) is 33.2 Å². The molecule has 3 heterocycles. The second-order valence-electron chi connectivity index (χ2n) is 6.52. The third-order valence-electron chi connectivity index (χ3n) is 4.83. The number of hydrogen-bond donors (Lipinski definition) is 1. The molecule has 4 rings (SSSR count). The molecule has 0 unspecified atom stereocenters. The van der Waals surface area contributed by atoms with Crippen LogP contribution in [0.25, 0.3) is 20.7 Å². The first-order chi connectivity index (χ1) is 11.7. The van der Waals surface area contributed by atoms with Crippen LogP contribution in [-0.4, -0.2) is 16.1 Å². The number of fused-ring (bicyclic) bond motifs is 1. The quantitative estimate of drug-likeness (QED) is 0.733. The molecule has 0 spiro atoms. The van der Waals surface area contributed by atoms with E-state index in [1.165, 1.54) is 49.0 Å². The van der Waals surface area contributed by atoms with Gasteiger partial charge in [0.15, 0.2) is 0 Å². The lowest BCUT2D eigenvalue weighted by molar-refractivity contribution is 0.372. The molecule has 3 aromatic rings. The fraction of sp³-hybridized carbons (Fsp3) is 0.444. The van der Waals surface area contributed by atoms with E-state index in [-0.39, 0.29) is 5.56 Å². The molecule has 0 radical (unpaired) electrons. The highest BCUT2D eigenvalue weighted by atomic mass is 32.1. The van der Waals surface area contributed by atoms with Crippen LogP contribution in [-0.2, 0) is 7.05 Å². The summed E-state index contributed by atoms with van der Waals surface area (Å²) in [5.74, 6) is 1.39. The number of nitrogens with one attached hydrogen (secondary N) is 1. The molecule has 4 nitrogen and oxygen atoms in total. The Hall–Kier alpha value is -1.66. The molecule has 0 atom stereocenters. The lowest BCUT2D eigenvalue weighted by Gasteiger charge is -2.22. The van der Waals surface area contributed by atoms with Gasteiger partial charge in [0.2, 0.25) is 5.95 Å². The Bertz CT molecular complexity index is 889. The molecule has 24 heavy (non-hydrogen) atoms. The Balaban J connectivity index is 1.64. The highest BCUT2D eigenvalue weighted by molar-refractivity contribution is 7.22. The van der Waals surface area contributed by atoms with Gasteiger partial charge in [-0.2, -0.15) is 11.3 Å². The molecule has 1 saturated carbocycles. The molecule has 0 amide bonds. The van der Waals surface area contributed by atoms with Gasteiger partial charge in [0.05, 0.1) is 5.52 Å². The SMILES string of the molecule is Cn1c(NCC2CCCCC2)nc2cc(-c3ccsc3)sc2c1=O. The average molecular weight is 360 g/mol. The predicted molar refractivity (Wildman–Crippen MR) is 103 cm³/mol. The first kappa shape index (κ1) is 15.8. The Morgan fingerprint density at radius 1 is 1.33 bits per heavy atom. The monoisotopic (exact) mass is 359 g/mol. The summed E-state index contributed by atoms with van der Waals surface area (Å²) < 4.78 is 2.39. The van der Waals surface area contributed by atoms with Gasteiger partial charge < -0.3 is 5.32 Å². The second-order valence-corrected chi connectivity index (χ2v) is 8.35. The molecule has 1 aliphatic carbocycles. The topological polar surface area (TPSA) is 46.9 Å². The zero-order chi connectivity index (χ0) is 16.5. The molecule has 126 valence electrons. The zero-order valence-corrected chi connectivity index (χ0v) is 15.4. The van der Waals surface area contributed by atoms with Crippen molar-refractivity contribution < 1.29 is 0 Å². The van der Waals surface area contributed by atoms with Crippen molar-refractivity contribution in [2.45, 2.75) is 32.1 Å². The van der Waals surface area contributed by atoms with Gasteiger partial charge in [-0.3, -0.25) is 9.36 Å². The smallest absolute Gasteiger partial charge is 0.272 e. The van der Waals surface area contributed by atoms with Crippen LogP contribution in [0.15, 0.2) is 27.7 Å². The maximum Gasteiger partial charge on any atom is 0.272 e. The number of nitrogens with zero attached hydrogens (tertiary/aromatic N) is 2. The van der Waals surface area contributed by atoms with Gasteiger partial charge in [0, 0.05) is 24.0 Å². The lowest BCUT2D eigenvalue weighted by Crippen LogP contribution is -2.25. The fourth-order valence-electron chi connectivity index (χ4n) is 3.39. The first-order valence-electron chi connectivity index (χ1n) is 8.49. The van der Waals surface area contributed by atoms with E-state index < -0.39 is 0 Å². The van der Waals surface area contributed by atoms with E-state index in [1.807, 2.05) is 13.1 Å². The fourth-order valence-corrected chi connectivity index (χ4v) is 5.19. The van der Waals surface area contributed by atoms with Gasteiger partial charge in [-0.05, 0) is 41.7 Å². The van der Waals surface area contributed by atoms with E-state index >= 15 is 0 Å². The highest BCUT2D eigenvalue weighted by Crippen LogP contribution is 2.32. The van der Waals surface area contributed by atoms with Crippen molar-refractivity contribution in [3.8, 4) is 10.4 Å². The van der Waals surface area contributed by atoms with Crippen molar-refractivity contribution in [1.82, 2.24) is 9.55 Å². The summed E-state index contributed by atoms with van der Waals surface area (Å²) in [7, 11) is 1.81. The van der Waals surface area contributed by atoms with E-state index in [9.17, 15) is 4.79 Å². The Labute approximate surface area is 149 Å². The number of thiophene rings is 2. The molecular formula is C18H21N3OS2. The minimum absolute atomic E-state index is 0.0395. The minimum Gasteiger partial charge on any atom is -0.355 e. The van der Waals surface area contributed by atoms with Crippen LogP contribution in [0.1, 0.15) is 32.1 Å². The van der Waals surface area contributed by atoms with Crippen LogP contribution in [0.3, 0.4) is 0 Å². The van der Waals surface area contributed by atoms with Crippen molar-refractivity contribution in [1.29, 1.82) is 0 Å². The maximum atomic E-state index is 12.7. The van der Waals surface area contributed by atoms with Crippen LogP contribution >= 0.6 is 22.7 Å². The van der Waals surface area contributed by atoms with Gasteiger partial charge in [0.1, 0.15) is 4.70 Å². The largest absolute Gasteiger partial charge is 0.355 e. The second kappa shape index (κ2) is 6.69. The zero-order valence-electron chi connectivity index (χ0n) is 13.7. The summed E-state index contributed by atoms with van der Waals surface area (Å²) in [6.45, 7) is 0.910. The van der Waals surface area contributed by atoms with Gasteiger partial charge in [-0.25, -0.2) is 4.98 Å². The van der Waals surface area contributed by atoms with E-state index in [2.05, 4.69) is 22.1 Å². The van der Waals surface area contributed by atoms with Crippen LogP contribution in [0.2, 0.25) is 0 Å².